The number of hydrogen-bond acceptors (Lipinski definition) is 3. The summed E-state index contributed by atoms with van der Waals surface area (Å²) in [6.07, 6.45) is 19.4. The number of fused-ring (bicyclic) bond motifs is 3. The minimum Gasteiger partial charge on any atom is -0.466 e. The number of rotatable bonds is 8. The number of halogens is 1. The molecular weight excluding hydrogens is 511 g/mol. The van der Waals surface area contributed by atoms with Crippen molar-refractivity contribution in [2.75, 3.05) is 6.61 Å². The van der Waals surface area contributed by atoms with Crippen LogP contribution in [0, 0.1) is 59.6 Å². The molecule has 4 heteroatoms. The van der Waals surface area contributed by atoms with Gasteiger partial charge in [0, 0.05) is 26.1 Å². The van der Waals surface area contributed by atoms with Gasteiger partial charge in [-0.1, -0.05) is 60.9 Å². The van der Waals surface area contributed by atoms with Crippen LogP contribution < -0.4 is 0 Å². The third-order valence-electron chi connectivity index (χ3n) is 10.8. The van der Waals surface area contributed by atoms with Crippen LogP contribution >= 0.6 is 0 Å². The molecule has 0 N–H and O–H groups in total. The molecule has 3 fully saturated rings. The number of carbonyl (C=O) groups excluding carboxylic acids is 2. The third kappa shape index (κ3) is 5.81. The summed E-state index contributed by atoms with van der Waals surface area (Å²) < 4.78 is 19.0. The molecule has 41 heavy (non-hydrogen) atoms. The summed E-state index contributed by atoms with van der Waals surface area (Å²) in [6, 6.07) is 6.91. The number of ether oxygens (including phenoxy) is 1. The highest BCUT2D eigenvalue weighted by Crippen LogP contribution is 2.60. The highest BCUT2D eigenvalue weighted by atomic mass is 19.1. The Bertz CT molecular complexity index is 1320. The molecular formula is C37H46FO3. The van der Waals surface area contributed by atoms with Gasteiger partial charge in [-0.3, -0.25) is 9.59 Å². The van der Waals surface area contributed by atoms with Crippen molar-refractivity contribution >= 4 is 17.3 Å². The number of hydrogen-bond donors (Lipinski definition) is 0. The molecule has 0 saturated heterocycles. The predicted molar refractivity (Wildman–Crippen MR) is 163 cm³/mol. The van der Waals surface area contributed by atoms with Crippen LogP contribution in [0.3, 0.4) is 0 Å². The number of carbonyl (C=O) groups is 2. The van der Waals surface area contributed by atoms with Gasteiger partial charge in [0.1, 0.15) is 11.6 Å². The maximum absolute atomic E-state index is 13.9. The lowest BCUT2D eigenvalue weighted by Gasteiger charge is -2.51. The molecule has 8 atom stereocenters. The molecule has 2 unspecified atom stereocenters. The maximum atomic E-state index is 13.9. The van der Waals surface area contributed by atoms with Crippen molar-refractivity contribution < 1.29 is 20.1 Å². The lowest BCUT2D eigenvalue weighted by atomic mass is 9.53. The van der Waals surface area contributed by atoms with Crippen molar-refractivity contribution in [3.63, 3.8) is 0 Å². The Kier molecular flexibility index (Phi) is 8.21. The van der Waals surface area contributed by atoms with E-state index < -0.39 is 0 Å². The number of ketones is 1. The van der Waals surface area contributed by atoms with E-state index in [1.165, 1.54) is 47.6 Å². The molecule has 0 heterocycles. The topological polar surface area (TPSA) is 43.4 Å². The Morgan fingerprint density at radius 2 is 2.05 bits per heavy atom. The molecule has 6 rings (SSSR count). The second-order valence-corrected chi connectivity index (χ2v) is 13.3. The molecule has 1 aromatic carbocycles. The van der Waals surface area contributed by atoms with Crippen molar-refractivity contribution in [2.45, 2.75) is 72.1 Å². The highest BCUT2D eigenvalue weighted by molar-refractivity contribution is 5.96. The van der Waals surface area contributed by atoms with Gasteiger partial charge in [0.25, 0.3) is 0 Å². The molecule has 3 nitrogen and oxygen atoms in total. The van der Waals surface area contributed by atoms with Crippen molar-refractivity contribution in [1.29, 1.82) is 0 Å². The van der Waals surface area contributed by atoms with Gasteiger partial charge in [0.2, 0.25) is 0 Å². The molecule has 5 aliphatic carbocycles. The fourth-order valence-electron chi connectivity index (χ4n) is 8.81. The summed E-state index contributed by atoms with van der Waals surface area (Å²) >= 11 is 0. The van der Waals surface area contributed by atoms with Crippen LogP contribution in [0.5, 0.6) is 0 Å². The second kappa shape index (κ2) is 11.9. The lowest BCUT2D eigenvalue weighted by molar-refractivity contribution is -0.143. The van der Waals surface area contributed by atoms with Gasteiger partial charge < -0.3 is 4.74 Å². The summed E-state index contributed by atoms with van der Waals surface area (Å²) in [5, 5.41) is 0. The van der Waals surface area contributed by atoms with Gasteiger partial charge in [0.15, 0.2) is 0 Å². The van der Waals surface area contributed by atoms with Crippen molar-refractivity contribution in [1.82, 2.24) is 0 Å². The van der Waals surface area contributed by atoms with Crippen LogP contribution in [0.15, 0.2) is 65.3 Å². The van der Waals surface area contributed by atoms with E-state index in [-0.39, 0.29) is 25.0 Å². The number of Topliss-reactive ketones (excluding diaryl/α,β-unsaturated/α-hetero) is 1. The second-order valence-electron chi connectivity index (χ2n) is 13.3. The zero-order chi connectivity index (χ0) is 28.7. The van der Waals surface area contributed by atoms with Crippen LogP contribution in [-0.2, 0) is 14.3 Å². The Hall–Kier alpha value is -2.75. The molecule has 1 aromatic rings. The Morgan fingerprint density at radius 1 is 1.20 bits per heavy atom. The summed E-state index contributed by atoms with van der Waals surface area (Å²) in [7, 11) is 0. The lowest BCUT2D eigenvalue weighted by Crippen LogP contribution is -2.46. The van der Waals surface area contributed by atoms with Crippen molar-refractivity contribution in [3.05, 3.63) is 83.1 Å². The fourth-order valence-corrected chi connectivity index (χ4v) is 8.81. The van der Waals surface area contributed by atoms with Gasteiger partial charge in [-0.05, 0) is 117 Å². The van der Waals surface area contributed by atoms with E-state index in [4.69, 9.17) is 4.74 Å². The van der Waals surface area contributed by atoms with Gasteiger partial charge in [0.05, 0.1) is 6.61 Å². The summed E-state index contributed by atoms with van der Waals surface area (Å²) in [5.74, 6) is 3.26. The van der Waals surface area contributed by atoms with E-state index in [2.05, 4.69) is 44.6 Å². The Balaban J connectivity index is 0.00000353. The summed E-state index contributed by atoms with van der Waals surface area (Å²) in [5.41, 5.74) is 6.24. The smallest absolute Gasteiger partial charge is 0.305 e. The molecule has 219 valence electrons. The number of esters is 1. The Labute approximate surface area is 246 Å². The maximum Gasteiger partial charge on any atom is 0.305 e. The zero-order valence-electron chi connectivity index (χ0n) is 24.8. The molecule has 0 spiro atoms. The third-order valence-corrected chi connectivity index (χ3v) is 10.8. The monoisotopic (exact) mass is 557 g/mol. The first-order valence-corrected chi connectivity index (χ1v) is 15.9. The first kappa shape index (κ1) is 28.4. The fraction of sp³-hybridized carbons (Fsp3) is 0.541. The van der Waals surface area contributed by atoms with Crippen LogP contribution in [-0.4, -0.2) is 18.4 Å². The average Bonchev–Trinajstić information content (AvgIpc) is 3.76. The van der Waals surface area contributed by atoms with E-state index in [9.17, 15) is 14.0 Å². The standard InChI is InChI=1S/C37H44FO3.H2/c1-4-41-35(39)10-5-7-24-12-15-30-27(18-24)20-34-36(23(3)32-21-33(32)37(34)40)31(30)16-13-25-11-14-29(22(2)17-25)26-8-6-9-28(38)19-26;/h6,8-9,11,13-14,16,19,21-22,24,27,30-31,33-34,36H,4-5,7,10,12,15,17-18,20H2,1-3H3;1H/b16-13+;/t22?,24-,27-,30+,31+,33?,34-,36+;/m1./s1. The summed E-state index contributed by atoms with van der Waals surface area (Å²) in [6.45, 7) is 6.82. The quantitative estimate of drug-likeness (QED) is 0.300. The molecule has 3 saturated carbocycles. The van der Waals surface area contributed by atoms with E-state index in [0.717, 1.165) is 31.2 Å². The molecule has 0 aromatic heterocycles. The number of allylic oxidation sites excluding steroid dienone is 8. The summed E-state index contributed by atoms with van der Waals surface area (Å²) in [4.78, 5) is 25.4. The van der Waals surface area contributed by atoms with Gasteiger partial charge in [-0.15, -0.1) is 0 Å². The highest BCUT2D eigenvalue weighted by Gasteiger charge is 2.56. The molecule has 0 amide bonds. The first-order valence-electron chi connectivity index (χ1n) is 15.9. The van der Waals surface area contributed by atoms with Crippen molar-refractivity contribution in [3.8, 4) is 0 Å². The average molecular weight is 558 g/mol. The molecule has 1 radical (unpaired) electrons. The molecule has 0 aliphatic heterocycles. The van der Waals surface area contributed by atoms with Gasteiger partial charge in [-0.2, -0.15) is 0 Å². The van der Waals surface area contributed by atoms with Crippen molar-refractivity contribution in [2.24, 2.45) is 47.3 Å². The number of benzene rings is 1. The van der Waals surface area contributed by atoms with E-state index in [1.807, 2.05) is 13.0 Å². The predicted octanol–water partition coefficient (Wildman–Crippen LogP) is 8.73. The van der Waals surface area contributed by atoms with Gasteiger partial charge in [-0.25, -0.2) is 4.39 Å². The minimum atomic E-state index is -0.193. The van der Waals surface area contributed by atoms with Gasteiger partial charge >= 0.3 is 5.97 Å². The molecule has 5 aliphatic rings. The largest absolute Gasteiger partial charge is 0.466 e. The van der Waals surface area contributed by atoms with Crippen LogP contribution in [0.25, 0.3) is 5.57 Å². The van der Waals surface area contributed by atoms with E-state index in [1.54, 1.807) is 12.1 Å². The minimum absolute atomic E-state index is 0. The van der Waals surface area contributed by atoms with Crippen LogP contribution in [0.2, 0.25) is 0 Å². The van der Waals surface area contributed by atoms with E-state index >= 15 is 0 Å². The molecule has 0 bridgehead atoms. The normalized spacial score (nSPS) is 34.4. The van der Waals surface area contributed by atoms with Crippen LogP contribution in [0.4, 0.5) is 4.39 Å². The Morgan fingerprint density at radius 3 is 2.83 bits per heavy atom. The van der Waals surface area contributed by atoms with E-state index in [0.29, 0.717) is 54.3 Å². The first-order chi connectivity index (χ1) is 19.8. The zero-order valence-corrected chi connectivity index (χ0v) is 24.8. The van der Waals surface area contributed by atoms with Crippen LogP contribution in [0.1, 0.15) is 79.1 Å². The SMILES string of the molecule is CCOC(=O)CCC[C@@H]1CC[C@H]2[C@H](C1)C[C@H]1C(=O)C3[CH]C3=C(C)[C@H]1[C@H]2/C=C/C1=CC=C(c2cccc(F)c2)C(C)C1.[HH].